The predicted molar refractivity (Wildman–Crippen MR) is 97.9 cm³/mol. The summed E-state index contributed by atoms with van der Waals surface area (Å²) < 4.78 is 5.32. The van der Waals surface area contributed by atoms with Gasteiger partial charge in [-0.1, -0.05) is 24.3 Å². The first kappa shape index (κ1) is 18.1. The Hall–Kier alpha value is -3.75. The molecular weight excluding hydrogens is 352 g/mol. The minimum atomic E-state index is -0.502. The first-order chi connectivity index (χ1) is 13.0. The van der Waals surface area contributed by atoms with Gasteiger partial charge in [0.05, 0.1) is 16.8 Å². The van der Waals surface area contributed by atoms with Crippen LogP contribution in [0.1, 0.15) is 11.1 Å². The lowest BCUT2D eigenvalue weighted by atomic mass is 10.1. The van der Waals surface area contributed by atoms with E-state index < -0.39 is 10.8 Å². The summed E-state index contributed by atoms with van der Waals surface area (Å²) in [5, 5.41) is 14.8. The second-order valence-corrected chi connectivity index (χ2v) is 5.83. The third-order valence-electron chi connectivity index (χ3n) is 3.94. The summed E-state index contributed by atoms with van der Waals surface area (Å²) >= 11 is 0. The Morgan fingerprint density at radius 2 is 2.15 bits per heavy atom. The number of anilines is 1. The van der Waals surface area contributed by atoms with E-state index >= 15 is 0 Å². The third-order valence-corrected chi connectivity index (χ3v) is 3.94. The number of nitro benzene ring substituents is 1. The molecule has 27 heavy (non-hydrogen) atoms. The van der Waals surface area contributed by atoms with E-state index in [-0.39, 0.29) is 24.7 Å². The van der Waals surface area contributed by atoms with Crippen molar-refractivity contribution >= 4 is 29.4 Å². The number of nitrogens with one attached hydrogen (secondary N) is 1. The van der Waals surface area contributed by atoms with E-state index in [2.05, 4.69) is 10.5 Å². The Balaban J connectivity index is 1.65. The van der Waals surface area contributed by atoms with E-state index in [1.54, 1.807) is 43.3 Å². The number of nitro groups is 1. The molecule has 0 saturated heterocycles. The summed E-state index contributed by atoms with van der Waals surface area (Å²) in [5.41, 5.74) is 3.81. The Kier molecular flexibility index (Phi) is 5.11. The van der Waals surface area contributed by atoms with Gasteiger partial charge in [0, 0.05) is 17.2 Å². The molecule has 2 amide bonds. The van der Waals surface area contributed by atoms with Crippen LogP contribution in [0.5, 0.6) is 5.75 Å². The molecule has 1 aliphatic rings. The highest BCUT2D eigenvalue weighted by atomic mass is 16.6. The van der Waals surface area contributed by atoms with Crippen molar-refractivity contribution in [3.8, 4) is 5.75 Å². The van der Waals surface area contributed by atoms with Gasteiger partial charge in [-0.2, -0.15) is 5.10 Å². The maximum atomic E-state index is 12.1. The van der Waals surface area contributed by atoms with E-state index in [1.165, 1.54) is 17.2 Å². The molecule has 0 aromatic heterocycles. The highest BCUT2D eigenvalue weighted by Gasteiger charge is 2.26. The zero-order valence-corrected chi connectivity index (χ0v) is 14.4. The van der Waals surface area contributed by atoms with Gasteiger partial charge in [0.2, 0.25) is 0 Å². The largest absolute Gasteiger partial charge is 0.482 e. The molecule has 0 unspecified atom stereocenters. The summed E-state index contributed by atoms with van der Waals surface area (Å²) in [4.78, 5) is 36.0. The first-order valence-electron chi connectivity index (χ1n) is 8.05. The number of amides is 2. The standard InChI is InChI=1S/C18H16N4O5/c1-12-6-7-13(8-15(12)22(25)26)9-19-20-17(23)10-21-14-4-2-3-5-16(14)27-11-18(21)24/h2-9H,10-11H2,1H3,(H,20,23)/b19-9-. The monoisotopic (exact) mass is 368 g/mol. The highest BCUT2D eigenvalue weighted by Crippen LogP contribution is 2.31. The Morgan fingerprint density at radius 1 is 1.37 bits per heavy atom. The average molecular weight is 368 g/mol. The SMILES string of the molecule is Cc1ccc(/C=N\NC(=O)CN2C(=O)COc3ccccc32)cc1[N+](=O)[O-]. The number of hydrogen-bond acceptors (Lipinski definition) is 6. The van der Waals surface area contributed by atoms with Gasteiger partial charge in [0.15, 0.2) is 6.61 Å². The predicted octanol–water partition coefficient (Wildman–Crippen LogP) is 1.78. The Morgan fingerprint density at radius 3 is 2.93 bits per heavy atom. The van der Waals surface area contributed by atoms with Crippen molar-refractivity contribution in [2.24, 2.45) is 5.10 Å². The number of hydrogen-bond donors (Lipinski definition) is 1. The molecule has 9 nitrogen and oxygen atoms in total. The number of ether oxygens (including phenoxy) is 1. The van der Waals surface area contributed by atoms with Gasteiger partial charge in [0.25, 0.3) is 17.5 Å². The minimum absolute atomic E-state index is 0.0270. The number of carbonyl (C=O) groups excluding carboxylic acids is 2. The lowest BCUT2D eigenvalue weighted by molar-refractivity contribution is -0.385. The second-order valence-electron chi connectivity index (χ2n) is 5.83. The van der Waals surface area contributed by atoms with Crippen molar-refractivity contribution in [3.05, 3.63) is 63.7 Å². The highest BCUT2D eigenvalue weighted by molar-refractivity contribution is 6.02. The molecule has 138 valence electrons. The molecule has 2 aromatic carbocycles. The third kappa shape index (κ3) is 4.09. The van der Waals surface area contributed by atoms with E-state index in [9.17, 15) is 19.7 Å². The van der Waals surface area contributed by atoms with Crippen LogP contribution in [0.4, 0.5) is 11.4 Å². The maximum absolute atomic E-state index is 12.1. The van der Waals surface area contributed by atoms with Crippen molar-refractivity contribution in [1.82, 2.24) is 5.43 Å². The van der Waals surface area contributed by atoms with Crippen LogP contribution < -0.4 is 15.1 Å². The van der Waals surface area contributed by atoms with E-state index in [1.807, 2.05) is 0 Å². The van der Waals surface area contributed by atoms with Crippen molar-refractivity contribution in [1.29, 1.82) is 0 Å². The fourth-order valence-corrected chi connectivity index (χ4v) is 2.59. The number of carbonyl (C=O) groups is 2. The molecule has 3 rings (SSSR count). The number of rotatable bonds is 5. The molecule has 0 fully saturated rings. The van der Waals surface area contributed by atoms with Gasteiger partial charge in [-0.15, -0.1) is 0 Å². The summed E-state index contributed by atoms with van der Waals surface area (Å²) in [7, 11) is 0. The van der Waals surface area contributed by atoms with Crippen molar-refractivity contribution in [2.75, 3.05) is 18.1 Å². The molecular formula is C18H16N4O5. The van der Waals surface area contributed by atoms with Crippen LogP contribution >= 0.6 is 0 Å². The fourth-order valence-electron chi connectivity index (χ4n) is 2.59. The van der Waals surface area contributed by atoms with Crippen LogP contribution in [-0.4, -0.2) is 36.1 Å². The molecule has 0 saturated carbocycles. The van der Waals surface area contributed by atoms with Gasteiger partial charge in [-0.05, 0) is 19.1 Å². The molecule has 0 aliphatic carbocycles. The minimum Gasteiger partial charge on any atom is -0.482 e. The lowest BCUT2D eigenvalue weighted by Crippen LogP contribution is -2.44. The molecule has 2 aromatic rings. The summed E-state index contributed by atoms with van der Waals surface area (Å²) in [6.45, 7) is 1.28. The molecule has 0 bridgehead atoms. The topological polar surface area (TPSA) is 114 Å². The molecule has 1 aliphatic heterocycles. The molecule has 0 atom stereocenters. The normalized spacial score (nSPS) is 13.2. The lowest BCUT2D eigenvalue weighted by Gasteiger charge is -2.28. The van der Waals surface area contributed by atoms with Crippen molar-refractivity contribution in [2.45, 2.75) is 6.92 Å². The van der Waals surface area contributed by atoms with Gasteiger partial charge in [-0.3, -0.25) is 24.6 Å². The van der Waals surface area contributed by atoms with Gasteiger partial charge >= 0.3 is 0 Å². The zero-order chi connectivity index (χ0) is 19.4. The van der Waals surface area contributed by atoms with Crippen molar-refractivity contribution < 1.29 is 19.2 Å². The summed E-state index contributed by atoms with van der Waals surface area (Å²) in [6, 6.07) is 11.5. The Labute approximate surface area is 154 Å². The zero-order valence-electron chi connectivity index (χ0n) is 14.4. The quantitative estimate of drug-likeness (QED) is 0.491. The number of para-hydroxylation sites is 2. The van der Waals surface area contributed by atoms with Crippen LogP contribution in [0.25, 0.3) is 0 Å². The molecule has 1 N–H and O–H groups in total. The number of aryl methyl sites for hydroxylation is 1. The molecule has 1 heterocycles. The van der Waals surface area contributed by atoms with E-state index in [4.69, 9.17) is 4.74 Å². The van der Waals surface area contributed by atoms with Gasteiger partial charge in [0.1, 0.15) is 12.3 Å². The summed E-state index contributed by atoms with van der Waals surface area (Å²) in [5.74, 6) is -0.305. The van der Waals surface area contributed by atoms with Crippen LogP contribution in [0.2, 0.25) is 0 Å². The number of benzene rings is 2. The number of fused-ring (bicyclic) bond motifs is 1. The van der Waals surface area contributed by atoms with Crippen LogP contribution in [0, 0.1) is 17.0 Å². The molecule has 0 spiro atoms. The number of nitrogens with zero attached hydrogens (tertiary/aromatic N) is 3. The smallest absolute Gasteiger partial charge is 0.272 e. The van der Waals surface area contributed by atoms with E-state index in [0.717, 1.165) is 0 Å². The van der Waals surface area contributed by atoms with Crippen LogP contribution in [-0.2, 0) is 9.59 Å². The van der Waals surface area contributed by atoms with Crippen molar-refractivity contribution in [3.63, 3.8) is 0 Å². The average Bonchev–Trinajstić information content (AvgIpc) is 2.65. The number of hydrazone groups is 1. The summed E-state index contributed by atoms with van der Waals surface area (Å²) in [6.07, 6.45) is 1.30. The van der Waals surface area contributed by atoms with Gasteiger partial charge in [-0.25, -0.2) is 5.43 Å². The maximum Gasteiger partial charge on any atom is 0.272 e. The Bertz CT molecular complexity index is 941. The second kappa shape index (κ2) is 7.65. The van der Waals surface area contributed by atoms with Crippen LogP contribution in [0.15, 0.2) is 47.6 Å². The molecule has 0 radical (unpaired) electrons. The first-order valence-corrected chi connectivity index (χ1v) is 8.05. The van der Waals surface area contributed by atoms with Gasteiger partial charge < -0.3 is 4.74 Å². The molecule has 9 heteroatoms. The van der Waals surface area contributed by atoms with Crippen LogP contribution in [0.3, 0.4) is 0 Å². The van der Waals surface area contributed by atoms with E-state index in [0.29, 0.717) is 22.6 Å². The fraction of sp³-hybridized carbons (Fsp3) is 0.167.